The lowest BCUT2D eigenvalue weighted by molar-refractivity contribution is -0.131. The van der Waals surface area contributed by atoms with Gasteiger partial charge in [-0.2, -0.15) is 5.10 Å². The number of carboxylic acids is 1. The van der Waals surface area contributed by atoms with E-state index in [2.05, 4.69) is 35.3 Å². The van der Waals surface area contributed by atoms with Crippen LogP contribution in [-0.2, 0) is 4.79 Å². The molecule has 1 aliphatic heterocycles. The SMILES string of the molecule is CC/C(=C(/c1ccc(/C=C/C(=O)O)cc1)c1ccc2[nH]ncc2c1)c1ccc2c(c1)OCCO2. The number of carboxylic acid groups (broad SMARTS) is 1. The summed E-state index contributed by atoms with van der Waals surface area (Å²) in [5.41, 5.74) is 7.29. The van der Waals surface area contributed by atoms with Gasteiger partial charge < -0.3 is 14.6 Å². The van der Waals surface area contributed by atoms with Gasteiger partial charge in [-0.05, 0) is 70.2 Å². The minimum atomic E-state index is -0.968. The largest absolute Gasteiger partial charge is 0.486 e. The number of allylic oxidation sites excluding steroid dienone is 1. The third-order valence-electron chi connectivity index (χ3n) is 5.89. The number of benzene rings is 3. The van der Waals surface area contributed by atoms with Crippen molar-refractivity contribution in [3.8, 4) is 11.5 Å². The molecule has 2 N–H and O–H groups in total. The molecule has 0 bridgehead atoms. The molecule has 34 heavy (non-hydrogen) atoms. The van der Waals surface area contributed by atoms with Gasteiger partial charge in [0, 0.05) is 11.5 Å². The van der Waals surface area contributed by atoms with E-state index in [0.717, 1.165) is 62.7 Å². The molecular weight excluding hydrogens is 428 g/mol. The predicted octanol–water partition coefficient (Wildman–Crippen LogP) is 5.80. The summed E-state index contributed by atoms with van der Waals surface area (Å²) in [5.74, 6) is 0.555. The topological polar surface area (TPSA) is 84.4 Å². The Kier molecular flexibility index (Phi) is 5.87. The van der Waals surface area contributed by atoms with E-state index < -0.39 is 5.97 Å². The number of carbonyl (C=O) groups is 1. The number of nitrogens with zero attached hydrogens (tertiary/aromatic N) is 1. The number of fused-ring (bicyclic) bond motifs is 2. The predicted molar refractivity (Wildman–Crippen MR) is 133 cm³/mol. The van der Waals surface area contributed by atoms with E-state index in [4.69, 9.17) is 14.6 Å². The second-order valence-electron chi connectivity index (χ2n) is 8.03. The highest BCUT2D eigenvalue weighted by atomic mass is 16.6. The summed E-state index contributed by atoms with van der Waals surface area (Å²) in [6.07, 6.45) is 5.37. The van der Waals surface area contributed by atoms with Gasteiger partial charge in [-0.25, -0.2) is 4.79 Å². The summed E-state index contributed by atoms with van der Waals surface area (Å²) < 4.78 is 11.6. The molecule has 0 fully saturated rings. The van der Waals surface area contributed by atoms with Crippen LogP contribution in [-0.4, -0.2) is 34.5 Å². The molecule has 4 aromatic rings. The maximum absolute atomic E-state index is 10.9. The third kappa shape index (κ3) is 4.30. The fraction of sp³-hybridized carbons (Fsp3) is 0.143. The molecule has 170 valence electrons. The number of nitrogens with one attached hydrogen (secondary N) is 1. The third-order valence-corrected chi connectivity index (χ3v) is 5.89. The van der Waals surface area contributed by atoms with Crippen LogP contribution in [0.1, 0.15) is 35.6 Å². The van der Waals surface area contributed by atoms with Crippen LogP contribution >= 0.6 is 0 Å². The molecule has 1 aliphatic rings. The first-order chi connectivity index (χ1) is 16.6. The second-order valence-corrected chi connectivity index (χ2v) is 8.03. The Bertz CT molecular complexity index is 1410. The lowest BCUT2D eigenvalue weighted by Crippen LogP contribution is -2.15. The molecule has 0 aliphatic carbocycles. The number of H-pyrrole nitrogens is 1. The summed E-state index contributed by atoms with van der Waals surface area (Å²) in [5, 5.41) is 17.1. The average molecular weight is 453 g/mol. The number of aliphatic carboxylic acids is 1. The molecule has 0 spiro atoms. The number of aromatic amines is 1. The Morgan fingerprint density at radius 3 is 2.47 bits per heavy atom. The minimum absolute atomic E-state index is 0.539. The molecule has 1 aromatic heterocycles. The Morgan fingerprint density at radius 2 is 1.71 bits per heavy atom. The summed E-state index contributed by atoms with van der Waals surface area (Å²) in [6.45, 7) is 3.24. The van der Waals surface area contributed by atoms with Gasteiger partial charge in [0.2, 0.25) is 0 Å². The molecular formula is C28H24N2O4. The van der Waals surface area contributed by atoms with Gasteiger partial charge in [0.05, 0.1) is 11.7 Å². The van der Waals surface area contributed by atoms with Crippen molar-refractivity contribution >= 4 is 34.1 Å². The molecule has 0 radical (unpaired) electrons. The van der Waals surface area contributed by atoms with E-state index >= 15 is 0 Å². The van der Waals surface area contributed by atoms with E-state index in [0.29, 0.717) is 13.2 Å². The van der Waals surface area contributed by atoms with Gasteiger partial charge in [-0.3, -0.25) is 5.10 Å². The van der Waals surface area contributed by atoms with E-state index in [1.54, 1.807) is 6.08 Å². The lowest BCUT2D eigenvalue weighted by Gasteiger charge is -2.21. The van der Waals surface area contributed by atoms with Gasteiger partial charge in [-0.15, -0.1) is 0 Å². The van der Waals surface area contributed by atoms with Gasteiger partial charge in [-0.1, -0.05) is 43.3 Å². The highest BCUT2D eigenvalue weighted by Gasteiger charge is 2.17. The molecule has 5 rings (SSSR count). The molecule has 0 amide bonds. The summed E-state index contributed by atoms with van der Waals surface area (Å²) in [7, 11) is 0. The standard InChI is InChI=1S/C28H24N2O4/c1-2-23(20-9-11-25-26(16-20)34-14-13-33-25)28(21-8-10-24-22(15-21)17-29-30-24)19-6-3-18(4-7-19)5-12-27(31)32/h3-12,15-17H,2,13-14H2,1H3,(H,29,30)(H,31,32)/b12-5+,28-23+. The first-order valence-electron chi connectivity index (χ1n) is 11.2. The molecule has 0 saturated carbocycles. The zero-order valence-corrected chi connectivity index (χ0v) is 18.7. The lowest BCUT2D eigenvalue weighted by atomic mass is 9.87. The Hall–Kier alpha value is -4.32. The van der Waals surface area contributed by atoms with Gasteiger partial charge in [0.25, 0.3) is 0 Å². The Morgan fingerprint density at radius 1 is 0.971 bits per heavy atom. The molecule has 0 saturated heterocycles. The molecule has 6 nitrogen and oxygen atoms in total. The quantitative estimate of drug-likeness (QED) is 0.285. The summed E-state index contributed by atoms with van der Waals surface area (Å²) in [4.78, 5) is 10.9. The maximum Gasteiger partial charge on any atom is 0.328 e. The Labute approximate surface area is 197 Å². The van der Waals surface area contributed by atoms with E-state index in [1.807, 2.05) is 48.7 Å². The zero-order valence-electron chi connectivity index (χ0n) is 18.7. The molecule has 0 atom stereocenters. The van der Waals surface area contributed by atoms with Crippen molar-refractivity contribution in [3.63, 3.8) is 0 Å². The van der Waals surface area contributed by atoms with Crippen LogP contribution < -0.4 is 9.47 Å². The fourth-order valence-electron chi connectivity index (χ4n) is 4.30. The number of ether oxygens (including phenoxy) is 2. The molecule has 0 unspecified atom stereocenters. The first kappa shape index (κ1) is 21.5. The van der Waals surface area contributed by atoms with Crippen LogP contribution in [0.25, 0.3) is 28.1 Å². The smallest absolute Gasteiger partial charge is 0.328 e. The highest BCUT2D eigenvalue weighted by molar-refractivity contribution is 6.00. The molecule has 3 aromatic carbocycles. The molecule has 2 heterocycles. The monoisotopic (exact) mass is 452 g/mol. The van der Waals surface area contributed by atoms with Crippen molar-refractivity contribution in [3.05, 3.63) is 95.2 Å². The van der Waals surface area contributed by atoms with Crippen molar-refractivity contribution in [2.75, 3.05) is 13.2 Å². The van der Waals surface area contributed by atoms with Gasteiger partial charge >= 0.3 is 5.97 Å². The second kappa shape index (κ2) is 9.27. The van der Waals surface area contributed by atoms with Crippen molar-refractivity contribution < 1.29 is 19.4 Å². The van der Waals surface area contributed by atoms with E-state index in [-0.39, 0.29) is 0 Å². The molecule has 6 heteroatoms. The summed E-state index contributed by atoms with van der Waals surface area (Å²) >= 11 is 0. The number of hydrogen-bond acceptors (Lipinski definition) is 4. The number of hydrogen-bond donors (Lipinski definition) is 2. The van der Waals surface area contributed by atoms with Crippen molar-refractivity contribution in [1.29, 1.82) is 0 Å². The van der Waals surface area contributed by atoms with Crippen LogP contribution in [0.2, 0.25) is 0 Å². The van der Waals surface area contributed by atoms with Crippen LogP contribution in [0, 0.1) is 0 Å². The average Bonchev–Trinajstić information content (AvgIpc) is 3.34. The zero-order chi connectivity index (χ0) is 23.5. The van der Waals surface area contributed by atoms with Gasteiger partial charge in [0.1, 0.15) is 13.2 Å². The minimum Gasteiger partial charge on any atom is -0.486 e. The van der Waals surface area contributed by atoms with Crippen molar-refractivity contribution in [2.45, 2.75) is 13.3 Å². The van der Waals surface area contributed by atoms with Crippen LogP contribution in [0.5, 0.6) is 11.5 Å². The number of aromatic nitrogens is 2. The van der Waals surface area contributed by atoms with Crippen molar-refractivity contribution in [2.24, 2.45) is 0 Å². The van der Waals surface area contributed by atoms with Crippen LogP contribution in [0.15, 0.2) is 72.9 Å². The van der Waals surface area contributed by atoms with Crippen molar-refractivity contribution in [1.82, 2.24) is 10.2 Å². The fourth-order valence-corrected chi connectivity index (χ4v) is 4.30. The highest BCUT2D eigenvalue weighted by Crippen LogP contribution is 2.39. The Balaban J connectivity index is 1.68. The number of rotatable bonds is 6. The normalized spacial score (nSPS) is 13.8. The maximum atomic E-state index is 10.9. The summed E-state index contributed by atoms with van der Waals surface area (Å²) in [6, 6.07) is 20.3. The van der Waals surface area contributed by atoms with Gasteiger partial charge in [0.15, 0.2) is 11.5 Å². The van der Waals surface area contributed by atoms with E-state index in [1.165, 1.54) is 5.57 Å². The van der Waals surface area contributed by atoms with Crippen LogP contribution in [0.4, 0.5) is 0 Å². The van der Waals surface area contributed by atoms with E-state index in [9.17, 15) is 4.79 Å². The first-order valence-corrected chi connectivity index (χ1v) is 11.2. The van der Waals surface area contributed by atoms with Crippen LogP contribution in [0.3, 0.4) is 0 Å².